The van der Waals surface area contributed by atoms with Crippen LogP contribution in [0.15, 0.2) is 29.2 Å². The second-order valence-electron chi connectivity index (χ2n) is 5.59. The van der Waals surface area contributed by atoms with Gasteiger partial charge in [-0.15, -0.1) is 0 Å². The summed E-state index contributed by atoms with van der Waals surface area (Å²) >= 11 is 0.918. The number of benzene rings is 1. The Hall–Kier alpha value is -2.32. The Bertz CT molecular complexity index is 710. The first-order valence-electron chi connectivity index (χ1n) is 7.84. The standard InChI is InChI=1S/C17H18N2O5S/c1-18-16(21)14(25-17(18)22)10-12-2-4-13(5-3-12)24-11-15(20)19-6-8-23-9-7-19/h2-5,10H,6-9,11H2,1H3/b14-10+. The van der Waals surface area contributed by atoms with E-state index in [0.29, 0.717) is 37.0 Å². The lowest BCUT2D eigenvalue weighted by atomic mass is 10.2. The van der Waals surface area contributed by atoms with Crippen LogP contribution in [0, 0.1) is 0 Å². The van der Waals surface area contributed by atoms with Crippen LogP contribution in [0.25, 0.3) is 6.08 Å². The molecule has 0 aliphatic carbocycles. The average Bonchev–Trinajstić information content (AvgIpc) is 2.88. The molecule has 0 atom stereocenters. The number of carbonyl (C=O) groups excluding carboxylic acids is 3. The van der Waals surface area contributed by atoms with E-state index in [0.717, 1.165) is 22.2 Å². The molecular formula is C17H18N2O5S. The molecule has 1 aromatic rings. The van der Waals surface area contributed by atoms with Crippen LogP contribution >= 0.6 is 11.8 Å². The molecule has 7 nitrogen and oxygen atoms in total. The number of rotatable bonds is 4. The van der Waals surface area contributed by atoms with E-state index in [-0.39, 0.29) is 23.7 Å². The van der Waals surface area contributed by atoms with E-state index in [1.165, 1.54) is 7.05 Å². The topological polar surface area (TPSA) is 76.2 Å². The highest BCUT2D eigenvalue weighted by atomic mass is 32.2. The highest BCUT2D eigenvalue weighted by Crippen LogP contribution is 2.31. The molecule has 0 radical (unpaired) electrons. The molecule has 25 heavy (non-hydrogen) atoms. The monoisotopic (exact) mass is 362 g/mol. The summed E-state index contributed by atoms with van der Waals surface area (Å²) in [5, 5.41) is -0.280. The molecule has 3 rings (SSSR count). The van der Waals surface area contributed by atoms with Crippen molar-refractivity contribution >= 4 is 34.9 Å². The maximum absolute atomic E-state index is 12.0. The van der Waals surface area contributed by atoms with Crippen LogP contribution in [0.3, 0.4) is 0 Å². The lowest BCUT2D eigenvalue weighted by Gasteiger charge is -2.26. The van der Waals surface area contributed by atoms with Gasteiger partial charge in [-0.1, -0.05) is 12.1 Å². The van der Waals surface area contributed by atoms with Crippen LogP contribution in [-0.2, 0) is 14.3 Å². The summed E-state index contributed by atoms with van der Waals surface area (Å²) in [4.78, 5) is 38.6. The zero-order chi connectivity index (χ0) is 17.8. The first kappa shape index (κ1) is 17.5. The molecule has 0 N–H and O–H groups in total. The highest BCUT2D eigenvalue weighted by molar-refractivity contribution is 8.18. The number of amides is 3. The second kappa shape index (κ2) is 7.71. The molecule has 2 aliphatic rings. The van der Waals surface area contributed by atoms with E-state index in [1.807, 2.05) is 0 Å². The first-order valence-corrected chi connectivity index (χ1v) is 8.66. The second-order valence-corrected chi connectivity index (χ2v) is 6.58. The Balaban J connectivity index is 1.56. The van der Waals surface area contributed by atoms with Crippen LogP contribution in [0.1, 0.15) is 5.56 Å². The van der Waals surface area contributed by atoms with Crippen molar-refractivity contribution in [2.75, 3.05) is 40.0 Å². The molecule has 8 heteroatoms. The summed E-state index contributed by atoms with van der Waals surface area (Å²) in [5.74, 6) is 0.206. The fourth-order valence-corrected chi connectivity index (χ4v) is 3.23. The minimum atomic E-state index is -0.300. The Morgan fingerprint density at radius 3 is 2.52 bits per heavy atom. The summed E-state index contributed by atoms with van der Waals surface area (Å²) in [6.07, 6.45) is 1.66. The van der Waals surface area contributed by atoms with Crippen LogP contribution < -0.4 is 4.74 Å². The van der Waals surface area contributed by atoms with Gasteiger partial charge in [-0.3, -0.25) is 19.3 Å². The van der Waals surface area contributed by atoms with Gasteiger partial charge in [0.2, 0.25) is 0 Å². The molecule has 3 amide bonds. The fraction of sp³-hybridized carbons (Fsp3) is 0.353. The Morgan fingerprint density at radius 2 is 1.92 bits per heavy atom. The van der Waals surface area contributed by atoms with E-state index in [1.54, 1.807) is 35.2 Å². The number of ether oxygens (including phenoxy) is 2. The number of nitrogens with zero attached hydrogens (tertiary/aromatic N) is 2. The third-order valence-electron chi connectivity index (χ3n) is 3.89. The molecular weight excluding hydrogens is 344 g/mol. The molecule has 2 aliphatic heterocycles. The average molecular weight is 362 g/mol. The Kier molecular flexibility index (Phi) is 5.40. The van der Waals surface area contributed by atoms with Gasteiger partial charge in [-0.05, 0) is 35.5 Å². The quantitative estimate of drug-likeness (QED) is 0.757. The minimum absolute atomic E-state index is 0.0198. The summed E-state index contributed by atoms with van der Waals surface area (Å²) in [7, 11) is 1.46. The van der Waals surface area contributed by atoms with Crippen LogP contribution in [0.5, 0.6) is 5.75 Å². The van der Waals surface area contributed by atoms with E-state index in [2.05, 4.69) is 0 Å². The Morgan fingerprint density at radius 1 is 1.24 bits per heavy atom. The van der Waals surface area contributed by atoms with Gasteiger partial charge in [-0.2, -0.15) is 0 Å². The number of likely N-dealkylation sites (N-methyl/N-ethyl adjacent to an activating group) is 1. The number of imide groups is 1. The maximum Gasteiger partial charge on any atom is 0.293 e. The summed E-state index contributed by atoms with van der Waals surface area (Å²) in [6, 6.07) is 7.01. The zero-order valence-corrected chi connectivity index (χ0v) is 14.6. The normalized spacial score (nSPS) is 19.6. The van der Waals surface area contributed by atoms with Gasteiger partial charge in [-0.25, -0.2) is 0 Å². The number of carbonyl (C=O) groups is 3. The minimum Gasteiger partial charge on any atom is -0.484 e. The number of hydrogen-bond donors (Lipinski definition) is 0. The summed E-state index contributed by atoms with van der Waals surface area (Å²) < 4.78 is 10.7. The van der Waals surface area contributed by atoms with Crippen LogP contribution in [0.2, 0.25) is 0 Å². The molecule has 0 unspecified atom stereocenters. The number of hydrogen-bond acceptors (Lipinski definition) is 6. The van der Waals surface area contributed by atoms with Gasteiger partial charge in [0.05, 0.1) is 18.1 Å². The lowest BCUT2D eigenvalue weighted by Crippen LogP contribution is -2.42. The van der Waals surface area contributed by atoms with Gasteiger partial charge < -0.3 is 14.4 Å². The van der Waals surface area contributed by atoms with Gasteiger partial charge in [0.15, 0.2) is 6.61 Å². The van der Waals surface area contributed by atoms with Crippen molar-refractivity contribution < 1.29 is 23.9 Å². The molecule has 0 spiro atoms. The van der Waals surface area contributed by atoms with E-state index >= 15 is 0 Å². The van der Waals surface area contributed by atoms with Gasteiger partial charge in [0.25, 0.3) is 17.1 Å². The zero-order valence-electron chi connectivity index (χ0n) is 13.8. The van der Waals surface area contributed by atoms with Crippen molar-refractivity contribution in [1.82, 2.24) is 9.80 Å². The SMILES string of the molecule is CN1C(=O)S/C(=C/c2ccc(OCC(=O)N3CCOCC3)cc2)C1=O. The predicted octanol–water partition coefficient (Wildman–Crippen LogP) is 1.59. The van der Waals surface area contributed by atoms with E-state index in [9.17, 15) is 14.4 Å². The van der Waals surface area contributed by atoms with Gasteiger partial charge in [0, 0.05) is 20.1 Å². The molecule has 2 saturated heterocycles. The molecule has 2 fully saturated rings. The third kappa shape index (κ3) is 4.21. The molecule has 1 aromatic carbocycles. The predicted molar refractivity (Wildman–Crippen MR) is 93.1 cm³/mol. The number of thioether (sulfide) groups is 1. The highest BCUT2D eigenvalue weighted by Gasteiger charge is 2.31. The maximum atomic E-state index is 12.0. The number of morpholine rings is 1. The fourth-order valence-electron chi connectivity index (χ4n) is 2.41. The van der Waals surface area contributed by atoms with Crippen LogP contribution in [-0.4, -0.2) is 66.8 Å². The molecule has 2 heterocycles. The van der Waals surface area contributed by atoms with Crippen molar-refractivity contribution in [3.8, 4) is 5.75 Å². The smallest absolute Gasteiger partial charge is 0.293 e. The largest absolute Gasteiger partial charge is 0.484 e. The van der Waals surface area contributed by atoms with Crippen molar-refractivity contribution in [2.24, 2.45) is 0 Å². The Labute approximate surface area is 149 Å². The molecule has 0 saturated carbocycles. The molecule has 132 valence electrons. The van der Waals surface area contributed by atoms with Crippen LogP contribution in [0.4, 0.5) is 4.79 Å². The molecule has 0 bridgehead atoms. The van der Waals surface area contributed by atoms with Gasteiger partial charge >= 0.3 is 0 Å². The van der Waals surface area contributed by atoms with Crippen molar-refractivity contribution in [3.05, 3.63) is 34.7 Å². The van der Waals surface area contributed by atoms with Crippen molar-refractivity contribution in [3.63, 3.8) is 0 Å². The lowest BCUT2D eigenvalue weighted by molar-refractivity contribution is -0.137. The van der Waals surface area contributed by atoms with Crippen molar-refractivity contribution in [1.29, 1.82) is 0 Å². The first-order chi connectivity index (χ1) is 12.0. The molecule has 0 aromatic heterocycles. The third-order valence-corrected chi connectivity index (χ3v) is 4.85. The van der Waals surface area contributed by atoms with E-state index < -0.39 is 0 Å². The van der Waals surface area contributed by atoms with Gasteiger partial charge in [0.1, 0.15) is 5.75 Å². The summed E-state index contributed by atoms with van der Waals surface area (Å²) in [5.41, 5.74) is 0.783. The van der Waals surface area contributed by atoms with Crippen molar-refractivity contribution in [2.45, 2.75) is 0 Å². The summed E-state index contributed by atoms with van der Waals surface area (Å²) in [6.45, 7) is 2.28. The van der Waals surface area contributed by atoms with E-state index in [4.69, 9.17) is 9.47 Å².